The van der Waals surface area contributed by atoms with Gasteiger partial charge in [-0.15, -0.1) is 0 Å². The van der Waals surface area contributed by atoms with Crippen LogP contribution in [0.4, 0.5) is 0 Å². The van der Waals surface area contributed by atoms with E-state index >= 15 is 0 Å². The van der Waals surface area contributed by atoms with Gasteiger partial charge in [-0.1, -0.05) is 24.4 Å². The standard InChI is InChI=1S/C14H18Cl2NO5P/c1-2-20-17-14(9-3-4-10-14)13(18)22-23(16,19)21-12-7-5-11(15)6-8-12/h5-8,17H,2-4,9-10H2,1H3. The fraction of sp³-hybridized carbons (Fsp3) is 0.500. The van der Waals surface area contributed by atoms with Crippen molar-refractivity contribution in [3.63, 3.8) is 0 Å². The summed E-state index contributed by atoms with van der Waals surface area (Å²) in [6, 6.07) is 6.05. The van der Waals surface area contributed by atoms with Crippen LogP contribution in [0, 0.1) is 0 Å². The molecule has 1 atom stereocenters. The summed E-state index contributed by atoms with van der Waals surface area (Å²) in [5.41, 5.74) is 1.67. The van der Waals surface area contributed by atoms with Gasteiger partial charge < -0.3 is 13.9 Å². The van der Waals surface area contributed by atoms with Gasteiger partial charge in [-0.3, -0.25) is 0 Å². The first-order valence-electron chi connectivity index (χ1n) is 7.25. The molecule has 0 amide bonds. The maximum atomic E-state index is 12.4. The average Bonchev–Trinajstić information content (AvgIpc) is 2.97. The lowest BCUT2D eigenvalue weighted by Crippen LogP contribution is -2.50. The SMILES string of the molecule is CCONC1(C(=O)OP(=O)(Cl)Oc2ccc(Cl)cc2)CCCC1. The summed E-state index contributed by atoms with van der Waals surface area (Å²) in [6.45, 7) is -1.96. The molecule has 0 radical (unpaired) electrons. The second kappa shape index (κ2) is 7.86. The molecular weight excluding hydrogens is 364 g/mol. The van der Waals surface area contributed by atoms with Crippen molar-refractivity contribution in [2.24, 2.45) is 0 Å². The summed E-state index contributed by atoms with van der Waals surface area (Å²) < 4.78 is 22.3. The molecule has 0 aliphatic heterocycles. The lowest BCUT2D eigenvalue weighted by atomic mass is 10.00. The van der Waals surface area contributed by atoms with E-state index in [2.05, 4.69) is 5.48 Å². The fourth-order valence-electron chi connectivity index (χ4n) is 2.36. The topological polar surface area (TPSA) is 73.9 Å². The second-order valence-electron chi connectivity index (χ2n) is 5.18. The predicted octanol–water partition coefficient (Wildman–Crippen LogP) is 4.46. The zero-order chi connectivity index (χ0) is 16.9. The molecule has 9 heteroatoms. The van der Waals surface area contributed by atoms with Gasteiger partial charge in [0, 0.05) is 16.3 Å². The number of nitrogens with one attached hydrogen (secondary N) is 1. The molecule has 1 aromatic rings. The lowest BCUT2D eigenvalue weighted by molar-refractivity contribution is -0.149. The molecule has 1 saturated carbocycles. The number of benzene rings is 1. The molecule has 1 fully saturated rings. The van der Waals surface area contributed by atoms with E-state index in [0.717, 1.165) is 12.8 Å². The molecule has 23 heavy (non-hydrogen) atoms. The summed E-state index contributed by atoms with van der Waals surface area (Å²) in [5, 5.41) is 0.490. The molecule has 1 N–H and O–H groups in total. The molecule has 0 bridgehead atoms. The Labute approximate surface area is 144 Å². The Hall–Kier alpha value is -0.780. The van der Waals surface area contributed by atoms with Crippen molar-refractivity contribution in [1.29, 1.82) is 0 Å². The quantitative estimate of drug-likeness (QED) is 0.554. The van der Waals surface area contributed by atoms with E-state index in [1.165, 1.54) is 12.1 Å². The van der Waals surface area contributed by atoms with E-state index in [9.17, 15) is 9.36 Å². The van der Waals surface area contributed by atoms with Crippen LogP contribution in [0.1, 0.15) is 32.6 Å². The molecule has 1 aliphatic carbocycles. The van der Waals surface area contributed by atoms with Gasteiger partial charge in [-0.25, -0.2) is 9.36 Å². The molecular formula is C14H18Cl2NO5P. The van der Waals surface area contributed by atoms with Crippen molar-refractivity contribution >= 4 is 35.8 Å². The first-order valence-corrected chi connectivity index (χ1v) is 10.1. The maximum Gasteiger partial charge on any atom is 0.532 e. The molecule has 1 aromatic carbocycles. The molecule has 0 spiro atoms. The van der Waals surface area contributed by atoms with Crippen molar-refractivity contribution in [3.8, 4) is 5.75 Å². The smallest absolute Gasteiger partial charge is 0.405 e. The van der Waals surface area contributed by atoms with Gasteiger partial charge in [0.15, 0.2) is 0 Å². The molecule has 6 nitrogen and oxygen atoms in total. The molecule has 2 rings (SSSR count). The molecule has 0 aromatic heterocycles. The molecule has 1 aliphatic rings. The summed E-state index contributed by atoms with van der Waals surface area (Å²) in [7, 11) is 0. The van der Waals surface area contributed by atoms with Crippen molar-refractivity contribution in [2.45, 2.75) is 38.1 Å². The largest absolute Gasteiger partial charge is 0.532 e. The van der Waals surface area contributed by atoms with Crippen LogP contribution in [0.3, 0.4) is 0 Å². The number of hydroxylamine groups is 1. The van der Waals surface area contributed by atoms with Gasteiger partial charge in [0.05, 0.1) is 6.61 Å². The first kappa shape index (κ1) is 18.6. The van der Waals surface area contributed by atoms with Crippen LogP contribution in [0.5, 0.6) is 5.75 Å². The van der Waals surface area contributed by atoms with Crippen molar-refractivity contribution in [2.75, 3.05) is 6.61 Å². The van der Waals surface area contributed by atoms with Gasteiger partial charge in [0.25, 0.3) is 0 Å². The number of carbonyl (C=O) groups excluding carboxylic acids is 1. The molecule has 0 heterocycles. The van der Waals surface area contributed by atoms with E-state index in [1.54, 1.807) is 19.1 Å². The first-order chi connectivity index (χ1) is 10.9. The number of hydrogen-bond acceptors (Lipinski definition) is 6. The van der Waals surface area contributed by atoms with Crippen molar-refractivity contribution in [3.05, 3.63) is 29.3 Å². The molecule has 128 valence electrons. The highest BCUT2D eigenvalue weighted by molar-refractivity contribution is 7.82. The number of hydrogen-bond donors (Lipinski definition) is 1. The third-order valence-corrected chi connectivity index (χ3v) is 4.96. The van der Waals surface area contributed by atoms with Gasteiger partial charge in [0.1, 0.15) is 11.3 Å². The predicted molar refractivity (Wildman–Crippen MR) is 87.6 cm³/mol. The summed E-state index contributed by atoms with van der Waals surface area (Å²) in [4.78, 5) is 17.6. The Morgan fingerprint density at radius 3 is 2.48 bits per heavy atom. The van der Waals surface area contributed by atoms with Crippen LogP contribution < -0.4 is 10.0 Å². The monoisotopic (exact) mass is 381 g/mol. The van der Waals surface area contributed by atoms with Crippen LogP contribution in [-0.2, 0) is 18.7 Å². The zero-order valence-corrected chi connectivity index (χ0v) is 15.0. The Morgan fingerprint density at radius 2 is 1.91 bits per heavy atom. The summed E-state index contributed by atoms with van der Waals surface area (Å²) in [6.07, 6.45) is 2.70. The van der Waals surface area contributed by atoms with Gasteiger partial charge in [-0.05, 0) is 44.0 Å². The van der Waals surface area contributed by atoms with Crippen molar-refractivity contribution < 1.29 is 23.2 Å². The Bertz CT molecular complexity index is 589. The maximum absolute atomic E-state index is 12.4. The third-order valence-electron chi connectivity index (χ3n) is 3.48. The highest BCUT2D eigenvalue weighted by atomic mass is 35.7. The number of halogens is 2. The minimum Gasteiger partial charge on any atom is -0.405 e. The Kier molecular flexibility index (Phi) is 6.34. The third kappa shape index (κ3) is 5.10. The summed E-state index contributed by atoms with van der Waals surface area (Å²) >= 11 is 11.5. The highest BCUT2D eigenvalue weighted by Gasteiger charge is 2.46. The van der Waals surface area contributed by atoms with Crippen LogP contribution in [0.15, 0.2) is 24.3 Å². The number of rotatable bonds is 7. The van der Waals surface area contributed by atoms with Crippen molar-refractivity contribution in [1.82, 2.24) is 5.48 Å². The second-order valence-corrected chi connectivity index (χ2v) is 8.08. The molecule has 0 saturated heterocycles. The van der Waals surface area contributed by atoms with E-state index in [-0.39, 0.29) is 5.75 Å². The summed E-state index contributed by atoms with van der Waals surface area (Å²) in [5.74, 6) is -0.547. The van der Waals surface area contributed by atoms with Crippen LogP contribution in [0.2, 0.25) is 5.02 Å². The minimum absolute atomic E-state index is 0.193. The van der Waals surface area contributed by atoms with E-state index < -0.39 is 18.5 Å². The molecule has 1 unspecified atom stereocenters. The zero-order valence-electron chi connectivity index (χ0n) is 12.6. The van der Waals surface area contributed by atoms with Gasteiger partial charge in [0.2, 0.25) is 0 Å². The van der Waals surface area contributed by atoms with Gasteiger partial charge >= 0.3 is 12.9 Å². The van der Waals surface area contributed by atoms with Gasteiger partial charge in [-0.2, -0.15) is 5.48 Å². The fourth-order valence-corrected chi connectivity index (χ4v) is 3.70. The van der Waals surface area contributed by atoms with Crippen LogP contribution in [0.25, 0.3) is 0 Å². The highest BCUT2D eigenvalue weighted by Crippen LogP contribution is 2.54. The normalized spacial score (nSPS) is 19.1. The Balaban J connectivity index is 2.04. The lowest BCUT2D eigenvalue weighted by Gasteiger charge is -2.27. The van der Waals surface area contributed by atoms with Crippen LogP contribution >= 0.6 is 29.8 Å². The average molecular weight is 382 g/mol. The van der Waals surface area contributed by atoms with E-state index in [1.807, 2.05) is 0 Å². The van der Waals surface area contributed by atoms with Crippen LogP contribution in [-0.4, -0.2) is 18.1 Å². The number of carbonyl (C=O) groups is 1. The Morgan fingerprint density at radius 1 is 1.30 bits per heavy atom. The minimum atomic E-state index is -4.13. The van der Waals surface area contributed by atoms with E-state index in [4.69, 9.17) is 36.7 Å². The van der Waals surface area contributed by atoms with E-state index in [0.29, 0.717) is 24.5 Å².